The van der Waals surface area contributed by atoms with Crippen LogP contribution in [0.4, 0.5) is 0 Å². The number of nitriles is 1. The van der Waals surface area contributed by atoms with Gasteiger partial charge >= 0.3 is 0 Å². The zero-order chi connectivity index (χ0) is 44.0. The Morgan fingerprint density at radius 1 is 0.227 bits per heavy atom. The molecule has 0 atom stereocenters. The number of benzene rings is 10. The van der Waals surface area contributed by atoms with Crippen LogP contribution in [0.1, 0.15) is 5.56 Å². The van der Waals surface area contributed by atoms with Gasteiger partial charge in [0.2, 0.25) is 0 Å². The van der Waals surface area contributed by atoms with Gasteiger partial charge in [-0.1, -0.05) is 218 Å². The van der Waals surface area contributed by atoms with Gasteiger partial charge in [0.05, 0.1) is 11.6 Å². The van der Waals surface area contributed by atoms with Gasteiger partial charge in [-0.3, -0.25) is 0 Å². The maximum atomic E-state index is 9.53. The quantitative estimate of drug-likeness (QED) is 0.153. The number of fused-ring (bicyclic) bond motifs is 3. The van der Waals surface area contributed by atoms with Crippen LogP contribution in [-0.4, -0.2) is 15.0 Å². The Hall–Kier alpha value is -9.04. The van der Waals surface area contributed by atoms with E-state index < -0.39 is 0 Å². The van der Waals surface area contributed by atoms with E-state index in [-0.39, 0.29) is 0 Å². The Bertz CT molecular complexity index is 3500. The fourth-order valence-corrected chi connectivity index (χ4v) is 9.40. The van der Waals surface area contributed by atoms with Crippen LogP contribution in [0.2, 0.25) is 0 Å². The highest BCUT2D eigenvalue weighted by molar-refractivity contribution is 6.22. The predicted octanol–water partition coefficient (Wildman–Crippen LogP) is 15.9. The summed E-state index contributed by atoms with van der Waals surface area (Å²) in [6, 6.07) is 83.0. The van der Waals surface area contributed by atoms with Crippen molar-refractivity contribution in [2.75, 3.05) is 0 Å². The van der Waals surface area contributed by atoms with Crippen molar-refractivity contribution < 1.29 is 0 Å². The summed E-state index contributed by atoms with van der Waals surface area (Å²) in [5.41, 5.74) is 19.8. The minimum Gasteiger partial charge on any atom is -0.208 e. The average molecular weight is 839 g/mol. The zero-order valence-electron chi connectivity index (χ0n) is 35.7. The molecule has 1 heterocycles. The smallest absolute Gasteiger partial charge is 0.164 e. The van der Waals surface area contributed by atoms with Gasteiger partial charge in [0.25, 0.3) is 0 Å². The van der Waals surface area contributed by atoms with Gasteiger partial charge < -0.3 is 0 Å². The molecule has 0 saturated carbocycles. The molecule has 0 bridgehead atoms. The van der Waals surface area contributed by atoms with Crippen LogP contribution in [0.3, 0.4) is 0 Å². The Balaban J connectivity index is 0.892. The van der Waals surface area contributed by atoms with E-state index in [1.165, 1.54) is 38.6 Å². The Labute approximate surface area is 383 Å². The molecule has 4 nitrogen and oxygen atoms in total. The van der Waals surface area contributed by atoms with Crippen molar-refractivity contribution in [3.05, 3.63) is 236 Å². The molecule has 0 aliphatic heterocycles. The lowest BCUT2D eigenvalue weighted by molar-refractivity contribution is 1.07. The number of rotatable bonds is 8. The lowest BCUT2D eigenvalue weighted by Gasteiger charge is -2.15. The summed E-state index contributed by atoms with van der Waals surface area (Å²) in [4.78, 5) is 15.2. The van der Waals surface area contributed by atoms with Gasteiger partial charge in [0.1, 0.15) is 0 Å². The SMILES string of the molecule is N#Cc1ccc(-c2ccc3c4c(ccc(-c5ccc(-c6ccc(-c7nc(-c8ccc(-c9ccccc9)cc8)nc(-c8ccc(-c9ccccc9)cc8)n7)cc6)cc5)c24)-c2ccccc2-3)cc1. The maximum Gasteiger partial charge on any atom is 0.164 e. The molecule has 66 heavy (non-hydrogen) atoms. The lowest BCUT2D eigenvalue weighted by atomic mass is 9.88. The summed E-state index contributed by atoms with van der Waals surface area (Å²) < 4.78 is 0. The summed E-state index contributed by atoms with van der Waals surface area (Å²) in [6.45, 7) is 0. The van der Waals surface area contributed by atoms with Gasteiger partial charge in [-0.05, 0) is 101 Å². The van der Waals surface area contributed by atoms with Crippen LogP contribution in [0, 0.1) is 11.3 Å². The normalized spacial score (nSPS) is 11.3. The molecule has 1 aliphatic carbocycles. The van der Waals surface area contributed by atoms with E-state index in [4.69, 9.17) is 15.0 Å². The van der Waals surface area contributed by atoms with Crippen molar-refractivity contribution in [3.8, 4) is 118 Å². The van der Waals surface area contributed by atoms with Crippen molar-refractivity contribution >= 4 is 10.8 Å². The molecular formula is C62H38N4. The van der Waals surface area contributed by atoms with Crippen LogP contribution in [0.5, 0.6) is 0 Å². The molecular weight excluding hydrogens is 801 g/mol. The molecule has 10 aromatic carbocycles. The van der Waals surface area contributed by atoms with E-state index in [1.54, 1.807) is 0 Å². The number of aromatic nitrogens is 3. The summed E-state index contributed by atoms with van der Waals surface area (Å²) in [5.74, 6) is 1.86. The van der Waals surface area contributed by atoms with E-state index in [2.05, 4.69) is 212 Å². The molecule has 0 N–H and O–H groups in total. The van der Waals surface area contributed by atoms with Gasteiger partial charge in [-0.25, -0.2) is 15.0 Å². The standard InChI is InChI=1S/C62H38N4/c63-39-40-15-17-47(18-16-40)52-35-37-56-54-13-7-8-14-55(54)57-38-36-53(58(52)59(56)57)48-27-19-45(20-28-48)46-25-33-51(34-26-46)62-65-60(49-29-21-43(22-30-49)41-9-3-1-4-10-41)64-61(66-62)50-31-23-44(24-32-50)42-11-5-2-6-12-42/h1-38H. The Kier molecular flexibility index (Phi) is 9.51. The van der Waals surface area contributed by atoms with E-state index in [0.29, 0.717) is 23.0 Å². The van der Waals surface area contributed by atoms with E-state index in [0.717, 1.165) is 66.8 Å². The van der Waals surface area contributed by atoms with Crippen LogP contribution in [0.15, 0.2) is 231 Å². The second-order valence-electron chi connectivity index (χ2n) is 16.7. The van der Waals surface area contributed by atoms with E-state index in [1.807, 2.05) is 24.3 Å². The highest BCUT2D eigenvalue weighted by Crippen LogP contribution is 2.52. The summed E-state index contributed by atoms with van der Waals surface area (Å²) in [6.07, 6.45) is 0. The zero-order valence-corrected chi connectivity index (χ0v) is 35.7. The second kappa shape index (κ2) is 16.3. The number of hydrogen-bond donors (Lipinski definition) is 0. The molecule has 0 fully saturated rings. The molecule has 4 heteroatoms. The molecule has 0 spiro atoms. The average Bonchev–Trinajstić information content (AvgIpc) is 3.73. The van der Waals surface area contributed by atoms with Gasteiger partial charge in [-0.15, -0.1) is 0 Å². The summed E-state index contributed by atoms with van der Waals surface area (Å²) in [5, 5.41) is 12.0. The third kappa shape index (κ3) is 6.93. The summed E-state index contributed by atoms with van der Waals surface area (Å²) in [7, 11) is 0. The third-order valence-electron chi connectivity index (χ3n) is 12.8. The minimum atomic E-state index is 0.614. The van der Waals surface area contributed by atoms with Crippen molar-refractivity contribution in [2.45, 2.75) is 0 Å². The molecule has 0 saturated heterocycles. The van der Waals surface area contributed by atoms with Crippen molar-refractivity contribution in [1.29, 1.82) is 5.26 Å². The van der Waals surface area contributed by atoms with Gasteiger partial charge in [0.15, 0.2) is 17.5 Å². The molecule has 1 aliphatic rings. The molecule has 11 aromatic rings. The van der Waals surface area contributed by atoms with Gasteiger partial charge in [-0.2, -0.15) is 5.26 Å². The molecule has 0 radical (unpaired) electrons. The third-order valence-corrected chi connectivity index (χ3v) is 12.8. The van der Waals surface area contributed by atoms with Crippen molar-refractivity contribution in [2.24, 2.45) is 0 Å². The number of nitrogens with zero attached hydrogens (tertiary/aromatic N) is 4. The minimum absolute atomic E-state index is 0.614. The first-order valence-corrected chi connectivity index (χ1v) is 22.1. The first kappa shape index (κ1) is 38.6. The fourth-order valence-electron chi connectivity index (χ4n) is 9.40. The topological polar surface area (TPSA) is 62.5 Å². The molecule has 1 aromatic heterocycles. The Morgan fingerprint density at radius 2 is 0.500 bits per heavy atom. The molecule has 0 amide bonds. The largest absolute Gasteiger partial charge is 0.208 e. The summed E-state index contributed by atoms with van der Waals surface area (Å²) >= 11 is 0. The first-order chi connectivity index (χ1) is 32.6. The van der Waals surface area contributed by atoms with Crippen LogP contribution < -0.4 is 0 Å². The highest BCUT2D eigenvalue weighted by atomic mass is 15.0. The second-order valence-corrected chi connectivity index (χ2v) is 16.7. The lowest BCUT2D eigenvalue weighted by Crippen LogP contribution is -2.00. The highest BCUT2D eigenvalue weighted by Gasteiger charge is 2.25. The maximum absolute atomic E-state index is 9.53. The Morgan fingerprint density at radius 3 is 0.864 bits per heavy atom. The van der Waals surface area contributed by atoms with Crippen LogP contribution in [-0.2, 0) is 0 Å². The van der Waals surface area contributed by atoms with Crippen LogP contribution >= 0.6 is 0 Å². The van der Waals surface area contributed by atoms with Crippen LogP contribution in [0.25, 0.3) is 123 Å². The van der Waals surface area contributed by atoms with Gasteiger partial charge in [0, 0.05) is 16.7 Å². The van der Waals surface area contributed by atoms with E-state index in [9.17, 15) is 5.26 Å². The monoisotopic (exact) mass is 838 g/mol. The molecule has 12 rings (SSSR count). The molecule has 0 unspecified atom stereocenters. The number of hydrogen-bond acceptors (Lipinski definition) is 4. The predicted molar refractivity (Wildman–Crippen MR) is 270 cm³/mol. The van der Waals surface area contributed by atoms with Crippen molar-refractivity contribution in [3.63, 3.8) is 0 Å². The van der Waals surface area contributed by atoms with E-state index >= 15 is 0 Å². The molecule has 306 valence electrons. The fraction of sp³-hybridized carbons (Fsp3) is 0. The van der Waals surface area contributed by atoms with Crippen molar-refractivity contribution in [1.82, 2.24) is 15.0 Å². The first-order valence-electron chi connectivity index (χ1n) is 22.1.